The third-order valence-corrected chi connectivity index (χ3v) is 7.72. The van der Waals surface area contributed by atoms with Gasteiger partial charge in [0.05, 0.1) is 17.1 Å². The minimum Gasteiger partial charge on any atom is -0.476 e. The summed E-state index contributed by atoms with van der Waals surface area (Å²) in [5.41, 5.74) is 1.27. The number of benzene rings is 3. The Labute approximate surface area is 194 Å². The van der Waals surface area contributed by atoms with Crippen LogP contribution >= 0.6 is 11.3 Å². The zero-order chi connectivity index (χ0) is 22.8. The Morgan fingerprint density at radius 1 is 0.939 bits per heavy atom. The number of para-hydroxylation sites is 2. The number of carbonyl (C=O) groups excluding carboxylic acids is 1. The van der Waals surface area contributed by atoms with Gasteiger partial charge in [0.25, 0.3) is 15.9 Å². The van der Waals surface area contributed by atoms with Crippen molar-refractivity contribution in [3.8, 4) is 16.3 Å². The van der Waals surface area contributed by atoms with Gasteiger partial charge in [0.15, 0.2) is 6.10 Å². The van der Waals surface area contributed by atoms with Crippen LogP contribution < -0.4 is 14.4 Å². The molecule has 0 radical (unpaired) electrons. The van der Waals surface area contributed by atoms with E-state index in [-0.39, 0.29) is 11.4 Å². The highest BCUT2D eigenvalue weighted by atomic mass is 32.2. The van der Waals surface area contributed by atoms with Crippen molar-refractivity contribution in [1.82, 2.24) is 10.2 Å². The second-order valence-corrected chi connectivity index (χ2v) is 10.0. The lowest BCUT2D eigenvalue weighted by molar-refractivity contribution is -0.122. The molecule has 0 unspecified atom stereocenters. The van der Waals surface area contributed by atoms with Crippen LogP contribution in [0.5, 0.6) is 5.75 Å². The molecule has 0 fully saturated rings. The molecule has 1 atom stereocenters. The lowest BCUT2D eigenvalue weighted by atomic mass is 10.2. The largest absolute Gasteiger partial charge is 0.476 e. The van der Waals surface area contributed by atoms with E-state index in [0.29, 0.717) is 21.6 Å². The number of hydrogen-bond donors (Lipinski definition) is 1. The number of nitrogens with zero attached hydrogens (tertiary/aromatic N) is 3. The van der Waals surface area contributed by atoms with Crippen molar-refractivity contribution < 1.29 is 17.9 Å². The standard InChI is InChI=1S/C23H18N4O4S2/c28-21(24-23-26-25-22(32-23)16-9-3-1-4-10-16)20-15-27(18-13-7-8-14-19(18)31-20)33(29,30)17-11-5-2-6-12-17/h1-14,20H,15H2,(H,24,26,28)/t20-/m1/s1. The van der Waals surface area contributed by atoms with Crippen LogP contribution in [0.3, 0.4) is 0 Å². The lowest BCUT2D eigenvalue weighted by Gasteiger charge is -2.34. The summed E-state index contributed by atoms with van der Waals surface area (Å²) in [7, 11) is -3.90. The minimum atomic E-state index is -3.90. The zero-order valence-electron chi connectivity index (χ0n) is 17.2. The maximum absolute atomic E-state index is 13.4. The normalized spacial score (nSPS) is 15.4. The fourth-order valence-corrected chi connectivity index (χ4v) is 5.69. The third-order valence-electron chi connectivity index (χ3n) is 5.03. The highest BCUT2D eigenvalue weighted by molar-refractivity contribution is 7.92. The van der Waals surface area contributed by atoms with Crippen molar-refractivity contribution in [2.75, 3.05) is 16.2 Å². The van der Waals surface area contributed by atoms with Crippen LogP contribution in [0.4, 0.5) is 10.8 Å². The second kappa shape index (κ2) is 8.64. The van der Waals surface area contributed by atoms with E-state index in [1.165, 1.54) is 27.8 Å². The van der Waals surface area contributed by atoms with Gasteiger partial charge in [0.1, 0.15) is 10.8 Å². The molecule has 2 heterocycles. The number of anilines is 2. The van der Waals surface area contributed by atoms with Gasteiger partial charge in [-0.1, -0.05) is 72.0 Å². The van der Waals surface area contributed by atoms with Crippen LogP contribution in [-0.4, -0.2) is 37.2 Å². The quantitative estimate of drug-likeness (QED) is 0.468. The van der Waals surface area contributed by atoms with Crippen molar-refractivity contribution in [1.29, 1.82) is 0 Å². The van der Waals surface area contributed by atoms with Gasteiger partial charge < -0.3 is 4.74 Å². The Bertz CT molecular complexity index is 1390. The van der Waals surface area contributed by atoms with Crippen LogP contribution in [0.1, 0.15) is 0 Å². The lowest BCUT2D eigenvalue weighted by Crippen LogP contribution is -2.48. The van der Waals surface area contributed by atoms with Crippen LogP contribution in [-0.2, 0) is 14.8 Å². The Morgan fingerprint density at radius 2 is 1.61 bits per heavy atom. The van der Waals surface area contributed by atoms with Gasteiger partial charge in [0.2, 0.25) is 5.13 Å². The average Bonchev–Trinajstić information content (AvgIpc) is 3.33. The molecule has 0 bridgehead atoms. The average molecular weight is 479 g/mol. The van der Waals surface area contributed by atoms with Crippen molar-refractivity contribution >= 4 is 38.1 Å². The van der Waals surface area contributed by atoms with E-state index in [1.54, 1.807) is 42.5 Å². The predicted molar refractivity (Wildman–Crippen MR) is 126 cm³/mol. The van der Waals surface area contributed by atoms with Gasteiger partial charge in [-0.05, 0) is 24.3 Å². The monoisotopic (exact) mass is 478 g/mol. The third kappa shape index (κ3) is 4.18. The first-order chi connectivity index (χ1) is 16.0. The van der Waals surface area contributed by atoms with E-state index < -0.39 is 22.0 Å². The molecule has 1 aromatic heterocycles. The SMILES string of the molecule is O=C(Nc1nnc(-c2ccccc2)s1)[C@H]1CN(S(=O)(=O)c2ccccc2)c2ccccc2O1. The molecule has 0 saturated heterocycles. The maximum Gasteiger partial charge on any atom is 0.269 e. The van der Waals surface area contributed by atoms with E-state index in [9.17, 15) is 13.2 Å². The molecule has 1 amide bonds. The molecule has 0 aliphatic carbocycles. The Balaban J connectivity index is 1.41. The molecule has 0 spiro atoms. The first kappa shape index (κ1) is 21.1. The van der Waals surface area contributed by atoms with E-state index in [4.69, 9.17) is 4.74 Å². The van der Waals surface area contributed by atoms with E-state index in [1.807, 2.05) is 30.3 Å². The molecule has 3 aromatic carbocycles. The summed E-state index contributed by atoms with van der Waals surface area (Å²) in [4.78, 5) is 13.1. The highest BCUT2D eigenvalue weighted by Gasteiger charge is 2.37. The topological polar surface area (TPSA) is 101 Å². The van der Waals surface area contributed by atoms with Gasteiger partial charge in [-0.15, -0.1) is 10.2 Å². The molecule has 1 aliphatic heterocycles. The number of hydrogen-bond acceptors (Lipinski definition) is 7. The van der Waals surface area contributed by atoms with Crippen molar-refractivity contribution in [2.45, 2.75) is 11.0 Å². The molecule has 1 aliphatic rings. The number of aromatic nitrogens is 2. The van der Waals surface area contributed by atoms with Gasteiger partial charge in [0, 0.05) is 5.56 Å². The molecule has 1 N–H and O–H groups in total. The molecule has 33 heavy (non-hydrogen) atoms. The van der Waals surface area contributed by atoms with Crippen LogP contribution in [0.25, 0.3) is 10.6 Å². The molecule has 4 aromatic rings. The maximum atomic E-state index is 13.4. The van der Waals surface area contributed by atoms with E-state index in [0.717, 1.165) is 5.56 Å². The van der Waals surface area contributed by atoms with Gasteiger partial charge in [-0.3, -0.25) is 14.4 Å². The van der Waals surface area contributed by atoms with Crippen molar-refractivity contribution in [3.05, 3.63) is 84.9 Å². The van der Waals surface area contributed by atoms with Crippen LogP contribution in [0.2, 0.25) is 0 Å². The molecule has 10 heteroatoms. The molecule has 8 nitrogen and oxygen atoms in total. The number of ether oxygens (including phenoxy) is 1. The van der Waals surface area contributed by atoms with Crippen LogP contribution in [0, 0.1) is 0 Å². The number of amides is 1. The molecule has 166 valence electrons. The Morgan fingerprint density at radius 3 is 2.36 bits per heavy atom. The van der Waals surface area contributed by atoms with Crippen molar-refractivity contribution in [3.63, 3.8) is 0 Å². The van der Waals surface area contributed by atoms with Gasteiger partial charge in [-0.25, -0.2) is 8.42 Å². The number of rotatable bonds is 5. The van der Waals surface area contributed by atoms with E-state index in [2.05, 4.69) is 15.5 Å². The molecule has 5 rings (SSSR count). The van der Waals surface area contributed by atoms with E-state index >= 15 is 0 Å². The fraction of sp³-hybridized carbons (Fsp3) is 0.0870. The Hall–Kier alpha value is -3.76. The predicted octanol–water partition coefficient (Wildman–Crippen LogP) is 3.80. The molecular formula is C23H18N4O4S2. The minimum absolute atomic E-state index is 0.137. The first-order valence-corrected chi connectivity index (χ1v) is 12.3. The summed E-state index contributed by atoms with van der Waals surface area (Å²) in [6.45, 7) is -0.176. The van der Waals surface area contributed by atoms with Crippen molar-refractivity contribution in [2.24, 2.45) is 0 Å². The molecule has 0 saturated carbocycles. The van der Waals surface area contributed by atoms with Gasteiger partial charge in [-0.2, -0.15) is 0 Å². The first-order valence-electron chi connectivity index (χ1n) is 10.1. The summed E-state index contributed by atoms with van der Waals surface area (Å²) >= 11 is 1.23. The summed E-state index contributed by atoms with van der Waals surface area (Å²) in [5.74, 6) is -0.195. The molecular weight excluding hydrogens is 460 g/mol. The smallest absolute Gasteiger partial charge is 0.269 e. The second-order valence-electron chi connectivity index (χ2n) is 7.19. The highest BCUT2D eigenvalue weighted by Crippen LogP contribution is 2.37. The summed E-state index contributed by atoms with van der Waals surface area (Å²) < 4.78 is 33.8. The number of nitrogens with one attached hydrogen (secondary N) is 1. The zero-order valence-corrected chi connectivity index (χ0v) is 18.8. The number of carbonyl (C=O) groups is 1. The van der Waals surface area contributed by atoms with Gasteiger partial charge >= 0.3 is 0 Å². The Kier molecular flexibility index (Phi) is 5.53. The number of sulfonamides is 1. The summed E-state index contributed by atoms with van der Waals surface area (Å²) in [6, 6.07) is 24.3. The van der Waals surface area contributed by atoms with Crippen LogP contribution in [0.15, 0.2) is 89.8 Å². The summed E-state index contributed by atoms with van der Waals surface area (Å²) in [6.07, 6.45) is -1.07. The summed E-state index contributed by atoms with van der Waals surface area (Å²) in [5, 5.41) is 11.8. The number of fused-ring (bicyclic) bond motifs is 1. The fourth-order valence-electron chi connectivity index (χ4n) is 3.44.